The third kappa shape index (κ3) is 3.42. The molecule has 0 heterocycles. The van der Waals surface area contributed by atoms with Crippen molar-refractivity contribution in [2.24, 2.45) is 0 Å². The van der Waals surface area contributed by atoms with Crippen LogP contribution < -0.4 is 9.80 Å². The van der Waals surface area contributed by atoms with Crippen LogP contribution in [0.5, 0.6) is 0 Å². The van der Waals surface area contributed by atoms with Crippen LogP contribution in [-0.4, -0.2) is 39.5 Å². The molecule has 0 bridgehead atoms. The Morgan fingerprint density at radius 1 is 0.792 bits per heavy atom. The molecule has 6 heteroatoms. The molecule has 0 radical (unpaired) electrons. The maximum absolute atomic E-state index is 12.0. The van der Waals surface area contributed by atoms with Gasteiger partial charge in [0.05, 0.1) is 24.6 Å². The lowest BCUT2D eigenvalue weighted by molar-refractivity contribution is 0.160. The highest BCUT2D eigenvalue weighted by molar-refractivity contribution is 6.08. The van der Waals surface area contributed by atoms with E-state index in [1.807, 2.05) is 36.4 Å². The molecule has 0 aliphatic rings. The molecule has 24 heavy (non-hydrogen) atoms. The Bertz CT molecular complexity index is 682. The molecule has 2 aromatic rings. The molecule has 6 nitrogen and oxygen atoms in total. The Hall–Kier alpha value is -2.76. The zero-order chi connectivity index (χ0) is 17.7. The predicted molar refractivity (Wildman–Crippen MR) is 94.8 cm³/mol. The smallest absolute Gasteiger partial charge is 0.414 e. The molecule has 0 saturated heterocycles. The maximum atomic E-state index is 12.0. The van der Waals surface area contributed by atoms with Gasteiger partial charge in [-0.05, 0) is 26.0 Å². The van der Waals surface area contributed by atoms with Crippen molar-refractivity contribution >= 4 is 34.3 Å². The Morgan fingerprint density at radius 3 is 1.50 bits per heavy atom. The van der Waals surface area contributed by atoms with Gasteiger partial charge in [0.15, 0.2) is 0 Å². The van der Waals surface area contributed by atoms with Crippen LogP contribution in [0.25, 0.3) is 10.8 Å². The average molecular weight is 330 g/mol. The minimum Gasteiger partial charge on any atom is -0.449 e. The third-order valence-electron chi connectivity index (χ3n) is 3.68. The number of nitrogens with zero attached hydrogens (tertiary/aromatic N) is 2. The zero-order valence-electron chi connectivity index (χ0n) is 14.4. The minimum atomic E-state index is -0.422. The van der Waals surface area contributed by atoms with Crippen molar-refractivity contribution in [2.75, 3.05) is 37.1 Å². The van der Waals surface area contributed by atoms with E-state index in [4.69, 9.17) is 9.47 Å². The fourth-order valence-electron chi connectivity index (χ4n) is 2.50. The zero-order valence-corrected chi connectivity index (χ0v) is 14.4. The average Bonchev–Trinajstić information content (AvgIpc) is 2.59. The van der Waals surface area contributed by atoms with E-state index in [0.717, 1.165) is 10.8 Å². The highest BCUT2D eigenvalue weighted by atomic mass is 16.6. The number of hydrogen-bond acceptors (Lipinski definition) is 4. The molecule has 2 aromatic carbocycles. The van der Waals surface area contributed by atoms with E-state index in [1.54, 1.807) is 27.9 Å². The lowest BCUT2D eigenvalue weighted by atomic mass is 10.1. The highest BCUT2D eigenvalue weighted by Gasteiger charge is 2.18. The number of ether oxygens (including phenoxy) is 2. The normalized spacial score (nSPS) is 10.3. The van der Waals surface area contributed by atoms with Crippen LogP contribution in [-0.2, 0) is 9.47 Å². The van der Waals surface area contributed by atoms with Crippen LogP contribution in [0.15, 0.2) is 36.4 Å². The van der Waals surface area contributed by atoms with Crippen LogP contribution in [0.2, 0.25) is 0 Å². The van der Waals surface area contributed by atoms with E-state index in [0.29, 0.717) is 24.6 Å². The Balaban J connectivity index is 2.50. The van der Waals surface area contributed by atoms with E-state index in [9.17, 15) is 9.59 Å². The van der Waals surface area contributed by atoms with Crippen LogP contribution in [0, 0.1) is 0 Å². The fraction of sp³-hybridized carbons (Fsp3) is 0.333. The third-order valence-corrected chi connectivity index (χ3v) is 3.68. The molecule has 2 amide bonds. The second kappa shape index (κ2) is 7.68. The first-order valence-electron chi connectivity index (χ1n) is 7.83. The first-order valence-corrected chi connectivity index (χ1v) is 7.83. The molecule has 128 valence electrons. The van der Waals surface area contributed by atoms with Crippen molar-refractivity contribution in [1.29, 1.82) is 0 Å². The van der Waals surface area contributed by atoms with E-state index in [2.05, 4.69) is 0 Å². The maximum Gasteiger partial charge on any atom is 0.414 e. The molecular formula is C18H22N2O4. The minimum absolute atomic E-state index is 0.310. The van der Waals surface area contributed by atoms with Crippen molar-refractivity contribution in [2.45, 2.75) is 13.8 Å². The van der Waals surface area contributed by atoms with Gasteiger partial charge in [0, 0.05) is 24.9 Å². The molecule has 2 rings (SSSR count). The molecule has 0 unspecified atom stereocenters. The monoisotopic (exact) mass is 330 g/mol. The molecule has 0 fully saturated rings. The lowest BCUT2D eigenvalue weighted by Gasteiger charge is -2.22. The van der Waals surface area contributed by atoms with Gasteiger partial charge in [-0.2, -0.15) is 0 Å². The summed E-state index contributed by atoms with van der Waals surface area (Å²) < 4.78 is 10.1. The second-order valence-electron chi connectivity index (χ2n) is 5.17. The van der Waals surface area contributed by atoms with Crippen molar-refractivity contribution in [3.05, 3.63) is 36.4 Å². The van der Waals surface area contributed by atoms with Crippen molar-refractivity contribution in [3.63, 3.8) is 0 Å². The molecule has 0 aliphatic carbocycles. The Morgan fingerprint density at radius 2 is 1.17 bits per heavy atom. The summed E-state index contributed by atoms with van der Waals surface area (Å²) in [5.74, 6) is 0. The molecular weight excluding hydrogens is 308 g/mol. The van der Waals surface area contributed by atoms with Gasteiger partial charge in [-0.15, -0.1) is 0 Å². The van der Waals surface area contributed by atoms with Gasteiger partial charge in [-0.25, -0.2) is 9.59 Å². The van der Waals surface area contributed by atoms with Gasteiger partial charge in [-0.3, -0.25) is 9.80 Å². The quantitative estimate of drug-likeness (QED) is 0.849. The van der Waals surface area contributed by atoms with E-state index in [1.165, 1.54) is 9.80 Å². The van der Waals surface area contributed by atoms with Crippen LogP contribution in [0.1, 0.15) is 13.8 Å². The van der Waals surface area contributed by atoms with Gasteiger partial charge in [0.25, 0.3) is 0 Å². The Labute approximate surface area is 141 Å². The molecule has 0 aliphatic heterocycles. The van der Waals surface area contributed by atoms with E-state index >= 15 is 0 Å². The van der Waals surface area contributed by atoms with Gasteiger partial charge in [0.2, 0.25) is 0 Å². The topological polar surface area (TPSA) is 59.1 Å². The van der Waals surface area contributed by atoms with Crippen LogP contribution in [0.4, 0.5) is 21.0 Å². The fourth-order valence-corrected chi connectivity index (χ4v) is 2.50. The van der Waals surface area contributed by atoms with E-state index in [-0.39, 0.29) is 0 Å². The van der Waals surface area contributed by atoms with Gasteiger partial charge in [0.1, 0.15) is 0 Å². The number of fused-ring (bicyclic) bond motifs is 1. The first kappa shape index (κ1) is 17.6. The summed E-state index contributed by atoms with van der Waals surface area (Å²) in [6.45, 7) is 4.15. The number of amides is 2. The van der Waals surface area contributed by atoms with Gasteiger partial charge in [-0.1, -0.05) is 24.3 Å². The first-order chi connectivity index (χ1) is 11.5. The largest absolute Gasteiger partial charge is 0.449 e. The van der Waals surface area contributed by atoms with Crippen LogP contribution >= 0.6 is 0 Å². The molecule has 0 saturated carbocycles. The number of hydrogen-bond donors (Lipinski definition) is 0. The van der Waals surface area contributed by atoms with Crippen LogP contribution in [0.3, 0.4) is 0 Å². The molecule has 0 spiro atoms. The number of carbonyl (C=O) groups is 2. The second-order valence-corrected chi connectivity index (χ2v) is 5.17. The number of carbonyl (C=O) groups excluding carboxylic acids is 2. The van der Waals surface area contributed by atoms with Crippen molar-refractivity contribution in [3.8, 4) is 0 Å². The number of anilines is 2. The van der Waals surface area contributed by atoms with Gasteiger partial charge >= 0.3 is 12.2 Å². The summed E-state index contributed by atoms with van der Waals surface area (Å²) in [5.41, 5.74) is 1.43. The van der Waals surface area contributed by atoms with Crippen molar-refractivity contribution in [1.82, 2.24) is 0 Å². The predicted octanol–water partition coefficient (Wildman–Crippen LogP) is 4.03. The molecule has 0 aromatic heterocycles. The van der Waals surface area contributed by atoms with Crippen molar-refractivity contribution < 1.29 is 19.1 Å². The molecule has 0 atom stereocenters. The van der Waals surface area contributed by atoms with E-state index < -0.39 is 12.2 Å². The summed E-state index contributed by atoms with van der Waals surface area (Å²) in [6, 6.07) is 11.2. The highest BCUT2D eigenvalue weighted by Crippen LogP contribution is 2.33. The Kier molecular flexibility index (Phi) is 5.63. The SMILES string of the molecule is CCOC(=O)N(C)c1cccc2c(N(C)C(=O)OCC)cccc12. The summed E-state index contributed by atoms with van der Waals surface area (Å²) in [4.78, 5) is 27.0. The number of benzene rings is 2. The summed E-state index contributed by atoms with van der Waals surface area (Å²) >= 11 is 0. The lowest BCUT2D eigenvalue weighted by Crippen LogP contribution is -2.28. The standard InChI is InChI=1S/C18H22N2O4/c1-5-23-17(21)19(3)15-11-7-10-14-13(15)9-8-12-16(14)20(4)18(22)24-6-2/h7-12H,5-6H2,1-4H3. The number of rotatable bonds is 4. The molecule has 0 N–H and O–H groups in total. The summed E-state index contributed by atoms with van der Waals surface area (Å²) in [6.07, 6.45) is -0.844. The summed E-state index contributed by atoms with van der Waals surface area (Å²) in [5, 5.41) is 1.70. The van der Waals surface area contributed by atoms with Gasteiger partial charge < -0.3 is 9.47 Å². The summed E-state index contributed by atoms with van der Waals surface area (Å²) in [7, 11) is 3.32.